The van der Waals surface area contributed by atoms with Crippen molar-refractivity contribution in [1.82, 2.24) is 9.88 Å². The van der Waals surface area contributed by atoms with E-state index in [9.17, 15) is 14.4 Å². The predicted octanol–water partition coefficient (Wildman–Crippen LogP) is 2.70. The summed E-state index contributed by atoms with van der Waals surface area (Å²) in [5.41, 5.74) is 1.40. The van der Waals surface area contributed by atoms with Crippen LogP contribution in [0.2, 0.25) is 0 Å². The Bertz CT molecular complexity index is 880. The molecule has 1 fully saturated rings. The number of methoxy groups -OCH3 is 2. The number of aromatic nitrogens is 1. The third-order valence-corrected chi connectivity index (χ3v) is 5.34. The van der Waals surface area contributed by atoms with Gasteiger partial charge >= 0.3 is 11.9 Å². The molecular weight excluding hydrogens is 360 g/mol. The Balaban J connectivity index is 1.88. The molecule has 0 aliphatic heterocycles. The van der Waals surface area contributed by atoms with Gasteiger partial charge in [-0.15, -0.1) is 0 Å². The van der Waals surface area contributed by atoms with Gasteiger partial charge in [0.1, 0.15) is 5.75 Å². The Morgan fingerprint density at radius 1 is 1.14 bits per heavy atom. The fourth-order valence-electron chi connectivity index (χ4n) is 3.93. The number of ether oxygens (including phenoxy) is 2. The van der Waals surface area contributed by atoms with Crippen molar-refractivity contribution in [3.63, 3.8) is 0 Å². The second kappa shape index (κ2) is 8.91. The van der Waals surface area contributed by atoms with Crippen LogP contribution < -0.4 is 10.1 Å². The Labute approximate surface area is 164 Å². The molecule has 1 saturated carbocycles. The second-order valence-electron chi connectivity index (χ2n) is 7.15. The second-order valence-corrected chi connectivity index (χ2v) is 7.15. The van der Waals surface area contributed by atoms with Crippen LogP contribution in [-0.4, -0.2) is 43.0 Å². The molecule has 3 rings (SSSR count). The third kappa shape index (κ3) is 4.18. The van der Waals surface area contributed by atoms with Crippen LogP contribution in [0.15, 0.2) is 24.4 Å². The largest absolute Gasteiger partial charge is 0.495 e. The number of amides is 1. The van der Waals surface area contributed by atoms with Crippen LogP contribution in [-0.2, 0) is 20.9 Å². The topological polar surface area (TPSA) is 86.6 Å². The van der Waals surface area contributed by atoms with Gasteiger partial charge in [-0.2, -0.15) is 0 Å². The van der Waals surface area contributed by atoms with Gasteiger partial charge in [0.15, 0.2) is 5.78 Å². The number of nitrogens with one attached hydrogen (secondary N) is 1. The number of rotatable bonds is 6. The maximum atomic E-state index is 12.8. The molecule has 2 aromatic rings. The average Bonchev–Trinajstić information content (AvgIpc) is 3.10. The van der Waals surface area contributed by atoms with Gasteiger partial charge in [0.25, 0.3) is 0 Å². The molecule has 0 bridgehead atoms. The SMILES string of the molecule is COC(=O)C(=O)NCC(=O)c1cn(CC2CCCCC2)c2c(OC)cccc12. The number of benzene rings is 1. The number of esters is 1. The molecule has 7 nitrogen and oxygen atoms in total. The molecule has 28 heavy (non-hydrogen) atoms. The van der Waals surface area contributed by atoms with Crippen molar-refractivity contribution >= 4 is 28.6 Å². The molecule has 1 N–H and O–H groups in total. The lowest BCUT2D eigenvalue weighted by Crippen LogP contribution is -2.35. The van der Waals surface area contributed by atoms with E-state index >= 15 is 0 Å². The van der Waals surface area contributed by atoms with Crippen molar-refractivity contribution < 1.29 is 23.9 Å². The highest BCUT2D eigenvalue weighted by atomic mass is 16.5. The van der Waals surface area contributed by atoms with Crippen molar-refractivity contribution in [1.29, 1.82) is 0 Å². The zero-order valence-electron chi connectivity index (χ0n) is 16.3. The number of carbonyl (C=O) groups excluding carboxylic acids is 3. The first-order valence-corrected chi connectivity index (χ1v) is 9.60. The quantitative estimate of drug-likeness (QED) is 0.469. The molecule has 1 heterocycles. The smallest absolute Gasteiger partial charge is 0.396 e. The van der Waals surface area contributed by atoms with Crippen LogP contribution in [0.1, 0.15) is 42.5 Å². The number of fused-ring (bicyclic) bond motifs is 1. The van der Waals surface area contributed by atoms with E-state index in [-0.39, 0.29) is 12.3 Å². The van der Waals surface area contributed by atoms with E-state index in [1.54, 1.807) is 7.11 Å². The summed E-state index contributed by atoms with van der Waals surface area (Å²) in [6, 6.07) is 5.60. The monoisotopic (exact) mass is 386 g/mol. The Hall–Kier alpha value is -2.83. The third-order valence-electron chi connectivity index (χ3n) is 5.34. The first-order valence-electron chi connectivity index (χ1n) is 9.60. The fraction of sp³-hybridized carbons (Fsp3) is 0.476. The number of carbonyl (C=O) groups is 3. The molecule has 1 aromatic carbocycles. The zero-order valence-corrected chi connectivity index (χ0v) is 16.3. The van der Waals surface area contributed by atoms with E-state index in [1.165, 1.54) is 32.1 Å². The molecule has 1 aromatic heterocycles. The molecule has 1 amide bonds. The maximum absolute atomic E-state index is 12.8. The molecule has 150 valence electrons. The van der Waals surface area contributed by atoms with Crippen LogP contribution in [0.4, 0.5) is 0 Å². The van der Waals surface area contributed by atoms with Crippen molar-refractivity contribution in [2.24, 2.45) is 5.92 Å². The predicted molar refractivity (Wildman–Crippen MR) is 104 cm³/mol. The van der Waals surface area contributed by atoms with Gasteiger partial charge in [-0.1, -0.05) is 31.4 Å². The Morgan fingerprint density at radius 2 is 1.89 bits per heavy atom. The lowest BCUT2D eigenvalue weighted by molar-refractivity contribution is -0.152. The summed E-state index contributed by atoms with van der Waals surface area (Å²) < 4.78 is 12.0. The summed E-state index contributed by atoms with van der Waals surface area (Å²) in [5.74, 6) is -0.923. The normalized spacial score (nSPS) is 14.6. The number of hydrogen-bond acceptors (Lipinski definition) is 5. The minimum atomic E-state index is -1.02. The van der Waals surface area contributed by atoms with E-state index in [0.717, 1.165) is 24.6 Å². The van der Waals surface area contributed by atoms with E-state index in [2.05, 4.69) is 14.6 Å². The van der Waals surface area contributed by atoms with Gasteiger partial charge in [0, 0.05) is 23.7 Å². The summed E-state index contributed by atoms with van der Waals surface area (Å²) >= 11 is 0. The van der Waals surface area contributed by atoms with Crippen molar-refractivity contribution in [2.45, 2.75) is 38.6 Å². The molecule has 0 unspecified atom stereocenters. The lowest BCUT2D eigenvalue weighted by atomic mass is 9.89. The van der Waals surface area contributed by atoms with Gasteiger partial charge < -0.3 is 19.4 Å². The van der Waals surface area contributed by atoms with E-state index in [4.69, 9.17) is 4.74 Å². The first kappa shape index (κ1) is 19.9. The van der Waals surface area contributed by atoms with Crippen molar-refractivity contribution in [3.8, 4) is 5.75 Å². The molecule has 0 radical (unpaired) electrons. The van der Waals surface area contributed by atoms with Crippen LogP contribution >= 0.6 is 0 Å². The summed E-state index contributed by atoms with van der Waals surface area (Å²) in [4.78, 5) is 35.6. The van der Waals surface area contributed by atoms with Gasteiger partial charge in [0.2, 0.25) is 0 Å². The molecule has 1 aliphatic carbocycles. The standard InChI is InChI=1S/C21H26N2O5/c1-27-18-10-6-9-15-16(17(24)11-22-20(25)21(26)28-2)13-23(19(15)18)12-14-7-4-3-5-8-14/h6,9-10,13-14H,3-5,7-8,11-12H2,1-2H3,(H,22,25). The molecule has 0 spiro atoms. The van der Waals surface area contributed by atoms with E-state index in [0.29, 0.717) is 17.2 Å². The molecular formula is C21H26N2O5. The van der Waals surface area contributed by atoms with Crippen LogP contribution in [0.3, 0.4) is 0 Å². The van der Waals surface area contributed by atoms with Crippen LogP contribution in [0.5, 0.6) is 5.75 Å². The Morgan fingerprint density at radius 3 is 2.57 bits per heavy atom. The summed E-state index contributed by atoms with van der Waals surface area (Å²) in [5, 5.41) is 3.10. The molecule has 0 atom stereocenters. The zero-order chi connectivity index (χ0) is 20.1. The lowest BCUT2D eigenvalue weighted by Gasteiger charge is -2.22. The minimum Gasteiger partial charge on any atom is -0.495 e. The number of hydrogen-bond donors (Lipinski definition) is 1. The van der Waals surface area contributed by atoms with Gasteiger partial charge in [-0.3, -0.25) is 9.59 Å². The average molecular weight is 386 g/mol. The van der Waals surface area contributed by atoms with Gasteiger partial charge in [-0.25, -0.2) is 4.79 Å². The number of Topliss-reactive ketones (excluding diaryl/α,β-unsaturated/α-hetero) is 1. The summed E-state index contributed by atoms with van der Waals surface area (Å²) in [6.07, 6.45) is 7.99. The minimum absolute atomic E-state index is 0.266. The molecule has 0 saturated heterocycles. The highest BCUT2D eigenvalue weighted by Crippen LogP contribution is 2.33. The van der Waals surface area contributed by atoms with Crippen LogP contribution in [0, 0.1) is 5.92 Å². The molecule has 7 heteroatoms. The highest BCUT2D eigenvalue weighted by molar-refractivity contribution is 6.33. The summed E-state index contributed by atoms with van der Waals surface area (Å²) in [6.45, 7) is 0.562. The Kier molecular flexibility index (Phi) is 6.34. The maximum Gasteiger partial charge on any atom is 0.396 e. The van der Waals surface area contributed by atoms with Crippen LogP contribution in [0.25, 0.3) is 10.9 Å². The number of para-hydroxylation sites is 1. The number of ketones is 1. The van der Waals surface area contributed by atoms with Gasteiger partial charge in [-0.05, 0) is 24.8 Å². The summed E-state index contributed by atoms with van der Waals surface area (Å²) in [7, 11) is 2.74. The number of nitrogens with zero attached hydrogens (tertiary/aromatic N) is 1. The van der Waals surface area contributed by atoms with Gasteiger partial charge in [0.05, 0.1) is 26.3 Å². The first-order chi connectivity index (χ1) is 13.5. The molecule has 1 aliphatic rings. The highest BCUT2D eigenvalue weighted by Gasteiger charge is 2.22. The van der Waals surface area contributed by atoms with Crippen molar-refractivity contribution in [2.75, 3.05) is 20.8 Å². The van der Waals surface area contributed by atoms with Crippen molar-refractivity contribution in [3.05, 3.63) is 30.0 Å². The fourth-order valence-corrected chi connectivity index (χ4v) is 3.93. The van der Waals surface area contributed by atoms with E-state index in [1.807, 2.05) is 24.4 Å². The van der Waals surface area contributed by atoms with E-state index < -0.39 is 11.9 Å².